The summed E-state index contributed by atoms with van der Waals surface area (Å²) in [5, 5.41) is 10.1. The highest BCUT2D eigenvalue weighted by Gasteiger charge is 2.37. The summed E-state index contributed by atoms with van der Waals surface area (Å²) < 4.78 is 0. The molecule has 0 aliphatic heterocycles. The molecular formula is C14H20OS. The van der Waals surface area contributed by atoms with Crippen molar-refractivity contribution in [2.75, 3.05) is 6.61 Å². The molecule has 1 nitrogen and oxygen atoms in total. The van der Waals surface area contributed by atoms with Crippen LogP contribution >= 0.6 is 11.8 Å². The molecule has 0 radical (unpaired) electrons. The molecule has 0 spiro atoms. The topological polar surface area (TPSA) is 20.2 Å². The van der Waals surface area contributed by atoms with Crippen LogP contribution in [0.5, 0.6) is 0 Å². The first kappa shape index (κ1) is 12.0. The fraction of sp³-hybridized carbons (Fsp3) is 0.571. The molecule has 0 amide bonds. The van der Waals surface area contributed by atoms with Crippen molar-refractivity contribution in [3.8, 4) is 0 Å². The first-order chi connectivity index (χ1) is 7.66. The van der Waals surface area contributed by atoms with Gasteiger partial charge in [-0.2, -0.15) is 0 Å². The quantitative estimate of drug-likeness (QED) is 0.806. The Hall–Kier alpha value is -0.470. The van der Waals surface area contributed by atoms with Crippen molar-refractivity contribution in [3.63, 3.8) is 0 Å². The van der Waals surface area contributed by atoms with E-state index in [9.17, 15) is 5.11 Å². The van der Waals surface area contributed by atoms with Crippen LogP contribution in [0.15, 0.2) is 29.2 Å². The van der Waals surface area contributed by atoms with Gasteiger partial charge in [0.1, 0.15) is 0 Å². The Morgan fingerprint density at radius 2 is 1.88 bits per heavy atom. The fourth-order valence-electron chi connectivity index (χ4n) is 2.30. The van der Waals surface area contributed by atoms with Gasteiger partial charge in [0.05, 0.1) is 6.61 Å². The minimum absolute atomic E-state index is 0.0844. The van der Waals surface area contributed by atoms with Crippen molar-refractivity contribution >= 4 is 11.8 Å². The summed E-state index contributed by atoms with van der Waals surface area (Å²) >= 11 is 1.89. The second kappa shape index (κ2) is 4.80. The van der Waals surface area contributed by atoms with E-state index in [-0.39, 0.29) is 5.41 Å². The molecule has 1 aliphatic rings. The Bertz CT molecular complexity index is 333. The Morgan fingerprint density at radius 1 is 1.25 bits per heavy atom. The van der Waals surface area contributed by atoms with Crippen molar-refractivity contribution < 1.29 is 5.11 Å². The average Bonchev–Trinajstić information content (AvgIpc) is 2.19. The van der Waals surface area contributed by atoms with Gasteiger partial charge in [-0.1, -0.05) is 32.4 Å². The number of aliphatic hydroxyl groups is 1. The van der Waals surface area contributed by atoms with Gasteiger partial charge >= 0.3 is 0 Å². The van der Waals surface area contributed by atoms with Gasteiger partial charge in [0, 0.05) is 15.6 Å². The number of aliphatic hydroxyl groups excluding tert-OH is 1. The Kier molecular flexibility index (Phi) is 3.60. The van der Waals surface area contributed by atoms with Gasteiger partial charge in [-0.3, -0.25) is 0 Å². The molecule has 0 saturated heterocycles. The fourth-order valence-corrected chi connectivity index (χ4v) is 3.14. The summed E-state index contributed by atoms with van der Waals surface area (Å²) in [6, 6.07) is 8.77. The molecule has 0 heterocycles. The molecule has 1 N–H and O–H groups in total. The molecule has 2 heteroatoms. The summed E-state index contributed by atoms with van der Waals surface area (Å²) in [6.07, 6.45) is 3.53. The Labute approximate surface area is 102 Å². The van der Waals surface area contributed by atoms with Crippen molar-refractivity contribution in [1.29, 1.82) is 0 Å². The molecule has 1 saturated carbocycles. The minimum atomic E-state index is 0.0844. The van der Waals surface area contributed by atoms with Gasteiger partial charge in [-0.05, 0) is 30.5 Å². The molecule has 1 fully saturated rings. The van der Waals surface area contributed by atoms with Crippen LogP contribution in [0.4, 0.5) is 0 Å². The predicted molar refractivity (Wildman–Crippen MR) is 70.0 cm³/mol. The van der Waals surface area contributed by atoms with E-state index in [0.717, 1.165) is 12.8 Å². The van der Waals surface area contributed by atoms with Gasteiger partial charge in [-0.15, -0.1) is 11.8 Å². The lowest BCUT2D eigenvalue weighted by Gasteiger charge is -2.40. The maximum atomic E-state index is 9.50. The molecule has 0 atom stereocenters. The summed E-state index contributed by atoms with van der Waals surface area (Å²) in [4.78, 5) is 1.33. The monoisotopic (exact) mass is 236 g/mol. The van der Waals surface area contributed by atoms with Crippen LogP contribution in [0.2, 0.25) is 0 Å². The lowest BCUT2D eigenvalue weighted by atomic mass is 9.65. The predicted octanol–water partition coefficient (Wildman–Crippen LogP) is 3.60. The highest BCUT2D eigenvalue weighted by Crippen LogP contribution is 2.43. The molecule has 1 aromatic rings. The van der Waals surface area contributed by atoms with Gasteiger partial charge < -0.3 is 5.11 Å². The maximum Gasteiger partial charge on any atom is 0.0527 e. The number of benzene rings is 1. The zero-order chi connectivity index (χ0) is 11.6. The van der Waals surface area contributed by atoms with E-state index in [4.69, 9.17) is 0 Å². The van der Waals surface area contributed by atoms with Crippen LogP contribution in [0.25, 0.3) is 0 Å². The van der Waals surface area contributed by atoms with Gasteiger partial charge in [0.15, 0.2) is 0 Å². The maximum absolute atomic E-state index is 9.50. The third kappa shape index (κ3) is 2.28. The number of hydrogen-bond acceptors (Lipinski definition) is 2. The van der Waals surface area contributed by atoms with Crippen LogP contribution in [0.1, 0.15) is 38.7 Å². The van der Waals surface area contributed by atoms with Gasteiger partial charge in [0.25, 0.3) is 0 Å². The van der Waals surface area contributed by atoms with E-state index >= 15 is 0 Å². The van der Waals surface area contributed by atoms with Crippen LogP contribution < -0.4 is 0 Å². The molecule has 2 rings (SSSR count). The lowest BCUT2D eigenvalue weighted by Crippen LogP contribution is -2.37. The second-order valence-corrected chi connectivity index (χ2v) is 6.63. The summed E-state index contributed by atoms with van der Waals surface area (Å²) in [5.41, 5.74) is 1.40. The second-order valence-electron chi connectivity index (χ2n) is 4.98. The molecule has 88 valence electrons. The molecule has 1 aliphatic carbocycles. The zero-order valence-corrected chi connectivity index (χ0v) is 10.9. The zero-order valence-electron chi connectivity index (χ0n) is 10.1. The normalized spacial score (nSPS) is 18.5. The van der Waals surface area contributed by atoms with Crippen molar-refractivity contribution in [2.24, 2.45) is 0 Å². The Morgan fingerprint density at radius 3 is 2.25 bits per heavy atom. The van der Waals surface area contributed by atoms with E-state index in [1.54, 1.807) is 0 Å². The first-order valence-corrected chi connectivity index (χ1v) is 6.92. The number of hydrogen-bond donors (Lipinski definition) is 1. The highest BCUT2D eigenvalue weighted by atomic mass is 32.2. The third-order valence-electron chi connectivity index (χ3n) is 3.45. The molecule has 16 heavy (non-hydrogen) atoms. The number of thioether (sulfide) groups is 1. The van der Waals surface area contributed by atoms with Crippen molar-refractivity contribution in [3.05, 3.63) is 29.8 Å². The summed E-state index contributed by atoms with van der Waals surface area (Å²) in [5.74, 6) is 0. The van der Waals surface area contributed by atoms with Crippen LogP contribution in [0, 0.1) is 0 Å². The van der Waals surface area contributed by atoms with E-state index in [0.29, 0.717) is 11.9 Å². The van der Waals surface area contributed by atoms with E-state index < -0.39 is 0 Å². The third-order valence-corrected chi connectivity index (χ3v) is 4.47. The smallest absolute Gasteiger partial charge is 0.0527 e. The molecule has 0 bridgehead atoms. The SMILES string of the molecule is CC(C)Sc1ccc(C2(CO)CCC2)cc1. The molecule has 0 aromatic heterocycles. The summed E-state index contributed by atoms with van der Waals surface area (Å²) in [7, 11) is 0. The van der Waals surface area contributed by atoms with Crippen LogP contribution in [-0.2, 0) is 5.41 Å². The lowest BCUT2D eigenvalue weighted by molar-refractivity contribution is 0.120. The molecule has 1 aromatic carbocycles. The number of rotatable bonds is 4. The average molecular weight is 236 g/mol. The minimum Gasteiger partial charge on any atom is -0.395 e. The first-order valence-electron chi connectivity index (χ1n) is 6.04. The van der Waals surface area contributed by atoms with Crippen LogP contribution in [0.3, 0.4) is 0 Å². The highest BCUT2D eigenvalue weighted by molar-refractivity contribution is 7.99. The molecule has 0 unspecified atom stereocenters. The van der Waals surface area contributed by atoms with Gasteiger partial charge in [0.2, 0.25) is 0 Å². The molecular weight excluding hydrogens is 216 g/mol. The van der Waals surface area contributed by atoms with E-state index in [1.807, 2.05) is 11.8 Å². The standard InChI is InChI=1S/C14H20OS/c1-11(2)16-13-6-4-12(5-7-13)14(10-15)8-3-9-14/h4-7,11,15H,3,8-10H2,1-2H3. The van der Waals surface area contributed by atoms with Gasteiger partial charge in [-0.25, -0.2) is 0 Å². The van der Waals surface area contributed by atoms with E-state index in [1.165, 1.54) is 16.9 Å². The van der Waals surface area contributed by atoms with Crippen molar-refractivity contribution in [2.45, 2.75) is 48.7 Å². The Balaban J connectivity index is 2.12. The largest absolute Gasteiger partial charge is 0.395 e. The van der Waals surface area contributed by atoms with Crippen LogP contribution in [-0.4, -0.2) is 17.0 Å². The van der Waals surface area contributed by atoms with E-state index in [2.05, 4.69) is 38.1 Å². The van der Waals surface area contributed by atoms with Crippen molar-refractivity contribution in [1.82, 2.24) is 0 Å². The summed E-state index contributed by atoms with van der Waals surface area (Å²) in [6.45, 7) is 4.71.